The summed E-state index contributed by atoms with van der Waals surface area (Å²) in [6.07, 6.45) is -4.20. The van der Waals surface area contributed by atoms with Crippen molar-refractivity contribution in [3.05, 3.63) is 39.1 Å². The molecule has 0 aliphatic rings. The van der Waals surface area contributed by atoms with Gasteiger partial charge in [0.25, 0.3) is 0 Å². The molecule has 1 rings (SSSR count). The first-order valence-corrected chi connectivity index (χ1v) is 5.17. The first kappa shape index (κ1) is 14.2. The summed E-state index contributed by atoms with van der Waals surface area (Å²) in [6, 6.07) is 4.34. The first-order valence-electron chi connectivity index (χ1n) is 4.38. The van der Waals surface area contributed by atoms with Gasteiger partial charge in [0.15, 0.2) is 0 Å². The zero-order chi connectivity index (χ0) is 13.9. The summed E-state index contributed by atoms with van der Waals surface area (Å²) >= 11 is 2.74. The zero-order valence-electron chi connectivity index (χ0n) is 8.52. The lowest BCUT2D eigenvalue weighted by Gasteiger charge is -2.11. The number of hydrogen-bond donors (Lipinski definition) is 0. The van der Waals surface area contributed by atoms with Crippen LogP contribution in [0.4, 0.5) is 17.6 Å². The standard InChI is InChI=1S/C11H3BrF4N2/c12-9-2-1-8(11(14,15)16)7(10(9)13)3-6(4-17)5-18/h1-3H. The van der Waals surface area contributed by atoms with Crippen LogP contribution in [0.1, 0.15) is 11.1 Å². The van der Waals surface area contributed by atoms with Gasteiger partial charge in [-0.2, -0.15) is 23.7 Å². The van der Waals surface area contributed by atoms with Gasteiger partial charge < -0.3 is 0 Å². The molecule has 0 saturated carbocycles. The molecule has 7 heteroatoms. The minimum Gasteiger partial charge on any atom is -0.205 e. The van der Waals surface area contributed by atoms with Gasteiger partial charge in [-0.3, -0.25) is 0 Å². The maximum absolute atomic E-state index is 13.6. The van der Waals surface area contributed by atoms with Crippen LogP contribution in [0.15, 0.2) is 22.2 Å². The molecule has 0 bridgehead atoms. The maximum atomic E-state index is 13.6. The molecule has 0 aromatic heterocycles. The fourth-order valence-electron chi connectivity index (χ4n) is 1.19. The second-order valence-electron chi connectivity index (χ2n) is 3.10. The van der Waals surface area contributed by atoms with Gasteiger partial charge in [-0.05, 0) is 34.1 Å². The molecular weight excluding hydrogens is 316 g/mol. The highest BCUT2D eigenvalue weighted by molar-refractivity contribution is 9.10. The van der Waals surface area contributed by atoms with Crippen molar-refractivity contribution in [2.75, 3.05) is 0 Å². The summed E-state index contributed by atoms with van der Waals surface area (Å²) < 4.78 is 51.4. The third-order valence-electron chi connectivity index (χ3n) is 1.97. The van der Waals surface area contributed by atoms with E-state index in [2.05, 4.69) is 15.9 Å². The van der Waals surface area contributed by atoms with Crippen LogP contribution in [-0.2, 0) is 6.18 Å². The van der Waals surface area contributed by atoms with Gasteiger partial charge in [-0.25, -0.2) is 4.39 Å². The smallest absolute Gasteiger partial charge is 0.205 e. The largest absolute Gasteiger partial charge is 0.417 e. The van der Waals surface area contributed by atoms with Crippen LogP contribution in [0.25, 0.3) is 6.08 Å². The van der Waals surface area contributed by atoms with Gasteiger partial charge >= 0.3 is 6.18 Å². The highest BCUT2D eigenvalue weighted by Crippen LogP contribution is 2.36. The fourth-order valence-corrected chi connectivity index (χ4v) is 1.53. The molecule has 2 nitrogen and oxygen atoms in total. The van der Waals surface area contributed by atoms with E-state index >= 15 is 0 Å². The lowest BCUT2D eigenvalue weighted by Crippen LogP contribution is -2.09. The Labute approximate surface area is 108 Å². The monoisotopic (exact) mass is 318 g/mol. The van der Waals surface area contributed by atoms with Crippen LogP contribution >= 0.6 is 15.9 Å². The second kappa shape index (κ2) is 5.19. The molecule has 92 valence electrons. The number of alkyl halides is 3. The fraction of sp³-hybridized carbons (Fsp3) is 0.0909. The summed E-state index contributed by atoms with van der Waals surface area (Å²) in [5, 5.41) is 17.0. The van der Waals surface area contributed by atoms with Crippen LogP contribution in [0.2, 0.25) is 0 Å². The average molecular weight is 319 g/mol. The van der Waals surface area contributed by atoms with Gasteiger partial charge in [-0.15, -0.1) is 0 Å². The van der Waals surface area contributed by atoms with E-state index in [-0.39, 0.29) is 4.47 Å². The van der Waals surface area contributed by atoms with Gasteiger partial charge in [0.05, 0.1) is 10.0 Å². The van der Waals surface area contributed by atoms with Crippen LogP contribution in [0, 0.1) is 28.5 Å². The van der Waals surface area contributed by atoms with Crippen molar-refractivity contribution in [3.8, 4) is 12.1 Å². The normalized spacial score (nSPS) is 10.4. The Kier molecular flexibility index (Phi) is 4.10. The molecular formula is C11H3BrF4N2. The summed E-state index contributed by atoms with van der Waals surface area (Å²) in [5.74, 6) is -1.17. The van der Waals surface area contributed by atoms with Crippen molar-refractivity contribution in [1.82, 2.24) is 0 Å². The van der Waals surface area contributed by atoms with E-state index < -0.39 is 28.7 Å². The van der Waals surface area contributed by atoms with Gasteiger partial charge in [0, 0.05) is 5.56 Å². The number of rotatable bonds is 1. The number of allylic oxidation sites excluding steroid dienone is 1. The third kappa shape index (κ3) is 2.88. The predicted octanol–water partition coefficient (Wildman–Crippen LogP) is 4.04. The number of benzene rings is 1. The van der Waals surface area contributed by atoms with Crippen molar-refractivity contribution in [1.29, 1.82) is 10.5 Å². The highest BCUT2D eigenvalue weighted by Gasteiger charge is 2.34. The molecule has 0 atom stereocenters. The Bertz CT molecular complexity index is 575. The lowest BCUT2D eigenvalue weighted by molar-refractivity contribution is -0.137. The first-order chi connectivity index (χ1) is 8.31. The topological polar surface area (TPSA) is 47.6 Å². The molecule has 0 heterocycles. The third-order valence-corrected chi connectivity index (χ3v) is 2.58. The summed E-state index contributed by atoms with van der Waals surface area (Å²) in [6.45, 7) is 0. The minimum absolute atomic E-state index is 0.183. The Morgan fingerprint density at radius 2 is 1.78 bits per heavy atom. The van der Waals surface area contributed by atoms with E-state index in [1.165, 1.54) is 12.1 Å². The summed E-state index contributed by atoms with van der Waals surface area (Å²) in [4.78, 5) is 0. The lowest BCUT2D eigenvalue weighted by atomic mass is 10.0. The van der Waals surface area contributed by atoms with Crippen molar-refractivity contribution < 1.29 is 17.6 Å². The Balaban J connectivity index is 3.61. The van der Waals surface area contributed by atoms with Crippen LogP contribution in [0.3, 0.4) is 0 Å². The van der Waals surface area contributed by atoms with Crippen LogP contribution < -0.4 is 0 Å². The van der Waals surface area contributed by atoms with Crippen molar-refractivity contribution in [2.24, 2.45) is 0 Å². The molecule has 0 fully saturated rings. The molecule has 0 unspecified atom stereocenters. The number of nitriles is 2. The molecule has 18 heavy (non-hydrogen) atoms. The predicted molar refractivity (Wildman–Crippen MR) is 58.3 cm³/mol. The summed E-state index contributed by atoms with van der Waals surface area (Å²) in [5.41, 5.74) is -2.70. The van der Waals surface area contributed by atoms with E-state index in [4.69, 9.17) is 10.5 Å². The Morgan fingerprint density at radius 3 is 2.22 bits per heavy atom. The summed E-state index contributed by atoms with van der Waals surface area (Å²) in [7, 11) is 0. The van der Waals surface area contributed by atoms with Crippen molar-refractivity contribution in [2.45, 2.75) is 6.18 Å². The second-order valence-corrected chi connectivity index (χ2v) is 3.96. The maximum Gasteiger partial charge on any atom is 0.417 e. The zero-order valence-corrected chi connectivity index (χ0v) is 10.1. The Hall–Kier alpha value is -1.86. The molecule has 0 saturated heterocycles. The van der Waals surface area contributed by atoms with E-state index in [9.17, 15) is 17.6 Å². The van der Waals surface area contributed by atoms with Crippen molar-refractivity contribution in [3.63, 3.8) is 0 Å². The molecule has 1 aromatic rings. The van der Waals surface area contributed by atoms with E-state index in [0.717, 1.165) is 6.07 Å². The molecule has 0 N–H and O–H groups in total. The molecule has 0 aliphatic heterocycles. The van der Waals surface area contributed by atoms with E-state index in [0.29, 0.717) is 12.1 Å². The molecule has 0 aliphatic carbocycles. The molecule has 1 aromatic carbocycles. The molecule has 0 spiro atoms. The highest BCUT2D eigenvalue weighted by atomic mass is 79.9. The van der Waals surface area contributed by atoms with Crippen molar-refractivity contribution >= 4 is 22.0 Å². The van der Waals surface area contributed by atoms with Gasteiger partial charge in [0.1, 0.15) is 23.5 Å². The average Bonchev–Trinajstić information content (AvgIpc) is 2.29. The minimum atomic E-state index is -4.77. The number of halogens is 5. The number of nitrogens with zero attached hydrogens (tertiary/aromatic N) is 2. The quantitative estimate of drug-likeness (QED) is 0.579. The van der Waals surface area contributed by atoms with E-state index in [1.807, 2.05) is 0 Å². The van der Waals surface area contributed by atoms with Gasteiger partial charge in [0.2, 0.25) is 0 Å². The SMILES string of the molecule is N#CC(C#N)=Cc1c(C(F)(F)F)ccc(Br)c1F. The molecule has 0 radical (unpaired) electrons. The van der Waals surface area contributed by atoms with Crippen LogP contribution in [-0.4, -0.2) is 0 Å². The van der Waals surface area contributed by atoms with Crippen LogP contribution in [0.5, 0.6) is 0 Å². The number of hydrogen-bond acceptors (Lipinski definition) is 2. The van der Waals surface area contributed by atoms with E-state index in [1.54, 1.807) is 0 Å². The molecule has 0 amide bonds. The Morgan fingerprint density at radius 1 is 1.22 bits per heavy atom. The van der Waals surface area contributed by atoms with Gasteiger partial charge in [-0.1, -0.05) is 0 Å².